The Morgan fingerprint density at radius 1 is 1.15 bits per heavy atom. The number of aromatic nitrogens is 1. The summed E-state index contributed by atoms with van der Waals surface area (Å²) in [6.45, 7) is 0.639. The maximum Gasteiger partial charge on any atom is 0.135 e. The molecule has 0 bridgehead atoms. The topological polar surface area (TPSA) is 60.2 Å². The molecule has 0 saturated heterocycles. The summed E-state index contributed by atoms with van der Waals surface area (Å²) < 4.78 is 19.4. The second kappa shape index (κ2) is 6.76. The van der Waals surface area contributed by atoms with Gasteiger partial charge in [0.25, 0.3) is 0 Å². The number of benzene rings is 2. The average Bonchev–Trinajstić information content (AvgIpc) is 2.63. The highest BCUT2D eigenvalue weighted by Gasteiger charge is 2.22. The van der Waals surface area contributed by atoms with Gasteiger partial charge in [0.05, 0.1) is 16.4 Å². The Morgan fingerprint density at radius 2 is 2.00 bits per heavy atom. The SMILES string of the molecule is NCc1cc2c(nc1Nc1ccc(Cl)cc1Cl)-c1cc(F)ccc1OC2. The molecule has 0 spiro atoms. The van der Waals surface area contributed by atoms with Crippen LogP contribution in [0.15, 0.2) is 42.5 Å². The molecule has 1 aromatic heterocycles. The van der Waals surface area contributed by atoms with Gasteiger partial charge in [-0.3, -0.25) is 0 Å². The number of nitrogens with two attached hydrogens (primary N) is 1. The molecule has 26 heavy (non-hydrogen) atoms. The lowest BCUT2D eigenvalue weighted by molar-refractivity contribution is 0.301. The van der Waals surface area contributed by atoms with Crippen molar-refractivity contribution >= 4 is 34.7 Å². The van der Waals surface area contributed by atoms with Crippen LogP contribution >= 0.6 is 23.2 Å². The van der Waals surface area contributed by atoms with E-state index in [9.17, 15) is 4.39 Å². The van der Waals surface area contributed by atoms with Gasteiger partial charge in [-0.2, -0.15) is 0 Å². The van der Waals surface area contributed by atoms with E-state index >= 15 is 0 Å². The van der Waals surface area contributed by atoms with Crippen molar-refractivity contribution in [3.05, 3.63) is 69.5 Å². The second-order valence-corrected chi connectivity index (χ2v) is 6.73. The van der Waals surface area contributed by atoms with Crippen molar-refractivity contribution < 1.29 is 9.13 Å². The van der Waals surface area contributed by atoms with Gasteiger partial charge in [-0.1, -0.05) is 23.2 Å². The summed E-state index contributed by atoms with van der Waals surface area (Å²) in [5, 5.41) is 4.21. The summed E-state index contributed by atoms with van der Waals surface area (Å²) in [7, 11) is 0. The van der Waals surface area contributed by atoms with Gasteiger partial charge in [-0.05, 0) is 42.5 Å². The molecule has 1 aliphatic rings. The quantitative estimate of drug-likeness (QED) is 0.638. The van der Waals surface area contributed by atoms with Crippen molar-refractivity contribution in [1.82, 2.24) is 4.98 Å². The molecule has 0 atom stereocenters. The zero-order chi connectivity index (χ0) is 18.3. The minimum Gasteiger partial charge on any atom is -0.488 e. The van der Waals surface area contributed by atoms with E-state index in [0.29, 0.717) is 45.2 Å². The standard InChI is InChI=1S/C19H14Cl2FN3O/c20-12-1-3-16(15(21)6-12)24-19-10(8-23)5-11-9-26-17-4-2-13(22)7-14(17)18(11)25-19/h1-7H,8-9,23H2,(H,24,25). The fourth-order valence-corrected chi connectivity index (χ4v) is 3.35. The fourth-order valence-electron chi connectivity index (χ4n) is 2.90. The van der Waals surface area contributed by atoms with Gasteiger partial charge in [0.1, 0.15) is 24.0 Å². The smallest absolute Gasteiger partial charge is 0.135 e. The van der Waals surface area contributed by atoms with Gasteiger partial charge in [-0.25, -0.2) is 9.37 Å². The van der Waals surface area contributed by atoms with Crippen LogP contribution in [-0.2, 0) is 13.2 Å². The molecule has 0 aliphatic carbocycles. The number of nitrogens with one attached hydrogen (secondary N) is 1. The Kier molecular flexibility index (Phi) is 4.44. The molecule has 0 radical (unpaired) electrons. The second-order valence-electron chi connectivity index (χ2n) is 5.89. The van der Waals surface area contributed by atoms with Crippen LogP contribution in [0.25, 0.3) is 11.3 Å². The minimum absolute atomic E-state index is 0.282. The highest BCUT2D eigenvalue weighted by Crippen LogP contribution is 2.39. The predicted octanol–water partition coefficient (Wildman–Crippen LogP) is 5.29. The lowest BCUT2D eigenvalue weighted by Crippen LogP contribution is -2.12. The lowest BCUT2D eigenvalue weighted by atomic mass is 10.0. The maximum absolute atomic E-state index is 13.7. The Balaban J connectivity index is 1.82. The number of fused-ring (bicyclic) bond motifs is 3. The van der Waals surface area contributed by atoms with Crippen molar-refractivity contribution in [2.24, 2.45) is 5.73 Å². The first-order chi connectivity index (χ1) is 12.5. The van der Waals surface area contributed by atoms with Crippen molar-refractivity contribution in [1.29, 1.82) is 0 Å². The molecule has 0 fully saturated rings. The summed E-state index contributed by atoms with van der Waals surface area (Å²) in [5.41, 5.74) is 9.48. The van der Waals surface area contributed by atoms with Crippen molar-refractivity contribution in [2.45, 2.75) is 13.2 Å². The third-order valence-corrected chi connectivity index (χ3v) is 4.71. The maximum atomic E-state index is 13.7. The van der Waals surface area contributed by atoms with E-state index in [4.69, 9.17) is 38.7 Å². The van der Waals surface area contributed by atoms with E-state index < -0.39 is 0 Å². The normalized spacial score (nSPS) is 12.2. The van der Waals surface area contributed by atoms with Crippen LogP contribution in [0, 0.1) is 5.82 Å². The van der Waals surface area contributed by atoms with Gasteiger partial charge in [0, 0.05) is 28.3 Å². The van der Waals surface area contributed by atoms with Gasteiger partial charge >= 0.3 is 0 Å². The van der Waals surface area contributed by atoms with Crippen LogP contribution in [0.1, 0.15) is 11.1 Å². The summed E-state index contributed by atoms with van der Waals surface area (Å²) in [6, 6.07) is 11.5. The van der Waals surface area contributed by atoms with Crippen LogP contribution in [0.3, 0.4) is 0 Å². The fraction of sp³-hybridized carbons (Fsp3) is 0.105. The summed E-state index contributed by atoms with van der Waals surface area (Å²) >= 11 is 12.2. The van der Waals surface area contributed by atoms with Crippen molar-refractivity contribution in [2.75, 3.05) is 5.32 Å². The molecule has 3 aromatic rings. The van der Waals surface area contributed by atoms with Crippen LogP contribution in [-0.4, -0.2) is 4.98 Å². The summed E-state index contributed by atoms with van der Waals surface area (Å²) in [6.07, 6.45) is 0. The van der Waals surface area contributed by atoms with Crippen molar-refractivity contribution in [3.8, 4) is 17.0 Å². The minimum atomic E-state index is -0.347. The number of halogens is 3. The molecular formula is C19H14Cl2FN3O. The van der Waals surface area contributed by atoms with Crippen LogP contribution in [0.4, 0.5) is 15.9 Å². The number of anilines is 2. The number of rotatable bonds is 3. The molecule has 3 N–H and O–H groups in total. The lowest BCUT2D eigenvalue weighted by Gasteiger charge is -2.22. The number of pyridine rings is 1. The number of nitrogens with zero attached hydrogens (tertiary/aromatic N) is 1. The Hall–Kier alpha value is -2.34. The van der Waals surface area contributed by atoms with Gasteiger partial charge in [-0.15, -0.1) is 0 Å². The van der Waals surface area contributed by atoms with E-state index in [0.717, 1.165) is 11.1 Å². The van der Waals surface area contributed by atoms with E-state index in [1.165, 1.54) is 12.1 Å². The van der Waals surface area contributed by atoms with E-state index in [1.54, 1.807) is 24.3 Å². The predicted molar refractivity (Wildman–Crippen MR) is 102 cm³/mol. The van der Waals surface area contributed by atoms with Crippen LogP contribution in [0.5, 0.6) is 5.75 Å². The monoisotopic (exact) mass is 389 g/mol. The molecule has 0 amide bonds. The summed E-state index contributed by atoms with van der Waals surface area (Å²) in [4.78, 5) is 4.70. The third kappa shape index (κ3) is 3.09. The molecular weight excluding hydrogens is 376 g/mol. The average molecular weight is 390 g/mol. The number of ether oxygens (including phenoxy) is 1. The van der Waals surface area contributed by atoms with Gasteiger partial charge in [0.2, 0.25) is 0 Å². The molecule has 4 nitrogen and oxygen atoms in total. The zero-order valence-electron chi connectivity index (χ0n) is 13.5. The van der Waals surface area contributed by atoms with Gasteiger partial charge < -0.3 is 15.8 Å². The van der Waals surface area contributed by atoms with E-state index in [2.05, 4.69) is 5.32 Å². The zero-order valence-corrected chi connectivity index (χ0v) is 15.0. The van der Waals surface area contributed by atoms with Crippen molar-refractivity contribution in [3.63, 3.8) is 0 Å². The molecule has 7 heteroatoms. The van der Waals surface area contributed by atoms with Crippen LogP contribution in [0.2, 0.25) is 10.0 Å². The van der Waals surface area contributed by atoms with E-state index in [1.807, 2.05) is 6.07 Å². The van der Waals surface area contributed by atoms with Gasteiger partial charge in [0.15, 0.2) is 0 Å². The third-order valence-electron chi connectivity index (χ3n) is 4.16. The van der Waals surface area contributed by atoms with E-state index in [-0.39, 0.29) is 12.4 Å². The Labute approximate surface area is 159 Å². The molecule has 0 unspecified atom stereocenters. The van der Waals surface area contributed by atoms with Crippen LogP contribution < -0.4 is 15.8 Å². The molecule has 4 rings (SSSR count). The highest BCUT2D eigenvalue weighted by molar-refractivity contribution is 6.36. The Bertz CT molecular complexity index is 1010. The highest BCUT2D eigenvalue weighted by atomic mass is 35.5. The largest absolute Gasteiger partial charge is 0.488 e. The molecule has 0 saturated carbocycles. The molecule has 2 heterocycles. The Morgan fingerprint density at radius 3 is 2.77 bits per heavy atom. The molecule has 132 valence electrons. The summed E-state index contributed by atoms with van der Waals surface area (Å²) in [5.74, 6) is 0.815. The number of hydrogen-bond donors (Lipinski definition) is 2. The molecule has 2 aromatic carbocycles. The first-order valence-electron chi connectivity index (χ1n) is 7.93. The number of hydrogen-bond acceptors (Lipinski definition) is 4. The first-order valence-corrected chi connectivity index (χ1v) is 8.68. The molecule has 1 aliphatic heterocycles. The first kappa shape index (κ1) is 17.1.